The van der Waals surface area contributed by atoms with Gasteiger partial charge in [-0.25, -0.2) is 4.39 Å². The maximum atomic E-state index is 13.8. The van der Waals surface area contributed by atoms with Crippen molar-refractivity contribution in [2.24, 2.45) is 5.41 Å². The summed E-state index contributed by atoms with van der Waals surface area (Å²) in [5.41, 5.74) is 0.882. The van der Waals surface area contributed by atoms with Gasteiger partial charge in [0.05, 0.1) is 0 Å². The molecule has 0 unspecified atom stereocenters. The Morgan fingerprint density at radius 3 is 2.65 bits per heavy atom. The van der Waals surface area contributed by atoms with Gasteiger partial charge in [0.15, 0.2) is 0 Å². The topological polar surface area (TPSA) is 9.23 Å². The lowest BCUT2D eigenvalue weighted by molar-refractivity contribution is 0.340. The highest BCUT2D eigenvalue weighted by molar-refractivity contribution is 5.29. The zero-order valence-electron chi connectivity index (χ0n) is 10.9. The van der Waals surface area contributed by atoms with Crippen LogP contribution in [0, 0.1) is 11.2 Å². The molecule has 0 aromatic heterocycles. The normalized spacial score (nSPS) is 11.3. The van der Waals surface area contributed by atoms with Crippen molar-refractivity contribution in [2.75, 3.05) is 6.61 Å². The van der Waals surface area contributed by atoms with Crippen LogP contribution in [0.4, 0.5) is 4.39 Å². The molecule has 0 saturated heterocycles. The molecule has 0 aliphatic heterocycles. The molecule has 2 heteroatoms. The molecule has 0 saturated carbocycles. The molecule has 1 aromatic rings. The number of hydrogen-bond donors (Lipinski definition) is 0. The maximum Gasteiger partial charge on any atom is 0.130 e. The molecule has 0 amide bonds. The van der Waals surface area contributed by atoms with E-state index in [9.17, 15) is 4.39 Å². The zero-order valence-corrected chi connectivity index (χ0v) is 10.9. The fourth-order valence-corrected chi connectivity index (χ4v) is 1.56. The molecular formula is C15H21FO. The molecule has 1 nitrogen and oxygen atoms in total. The lowest BCUT2D eigenvalue weighted by Crippen LogP contribution is -2.14. The van der Waals surface area contributed by atoms with E-state index in [0.29, 0.717) is 12.4 Å². The third-order valence-electron chi connectivity index (χ3n) is 3.02. The van der Waals surface area contributed by atoms with E-state index < -0.39 is 0 Å². The van der Waals surface area contributed by atoms with Crippen LogP contribution in [0.15, 0.2) is 30.9 Å². The van der Waals surface area contributed by atoms with E-state index in [1.165, 1.54) is 6.07 Å². The molecule has 0 aliphatic rings. The molecule has 0 atom stereocenters. The highest BCUT2D eigenvalue weighted by atomic mass is 19.1. The molecular weight excluding hydrogens is 215 g/mol. The number of ether oxygens (including phenoxy) is 1. The lowest BCUT2D eigenvalue weighted by atomic mass is 9.83. The number of rotatable bonds is 6. The Labute approximate surface area is 103 Å². The van der Waals surface area contributed by atoms with E-state index in [0.717, 1.165) is 18.4 Å². The van der Waals surface area contributed by atoms with Crippen molar-refractivity contribution in [3.05, 3.63) is 42.2 Å². The van der Waals surface area contributed by atoms with Gasteiger partial charge >= 0.3 is 0 Å². The number of hydrogen-bond acceptors (Lipinski definition) is 1. The summed E-state index contributed by atoms with van der Waals surface area (Å²) < 4.78 is 19.1. The molecule has 0 N–H and O–H groups in total. The van der Waals surface area contributed by atoms with Crippen molar-refractivity contribution in [1.82, 2.24) is 0 Å². The minimum atomic E-state index is -0.187. The first kappa shape index (κ1) is 13.8. The largest absolute Gasteiger partial charge is 0.489 e. The van der Waals surface area contributed by atoms with Gasteiger partial charge in [0.2, 0.25) is 0 Å². The average molecular weight is 236 g/mol. The highest BCUT2D eigenvalue weighted by Gasteiger charge is 2.18. The van der Waals surface area contributed by atoms with E-state index in [2.05, 4.69) is 27.4 Å². The maximum absolute atomic E-state index is 13.8. The van der Waals surface area contributed by atoms with Crippen molar-refractivity contribution >= 4 is 0 Å². The molecule has 0 aliphatic carbocycles. The summed E-state index contributed by atoms with van der Waals surface area (Å²) >= 11 is 0. The summed E-state index contributed by atoms with van der Waals surface area (Å²) in [6.07, 6.45) is 3.42. The van der Waals surface area contributed by atoms with Gasteiger partial charge < -0.3 is 4.74 Å². The second-order valence-electron chi connectivity index (χ2n) is 5.05. The highest BCUT2D eigenvalue weighted by Crippen LogP contribution is 2.28. The van der Waals surface area contributed by atoms with Crippen LogP contribution < -0.4 is 4.74 Å². The van der Waals surface area contributed by atoms with Gasteiger partial charge in [-0.2, -0.15) is 0 Å². The Hall–Kier alpha value is -1.31. The lowest BCUT2D eigenvalue weighted by Gasteiger charge is -2.22. The van der Waals surface area contributed by atoms with Crippen LogP contribution in [0.5, 0.6) is 5.75 Å². The Bertz CT molecular complexity index is 383. The minimum absolute atomic E-state index is 0.129. The molecule has 1 aromatic carbocycles. The second-order valence-corrected chi connectivity index (χ2v) is 5.05. The standard InChI is InChI=1S/C15H21FO/c1-5-9-17-13-8-7-12(14(16)10-13)11-15(3,4)6-2/h5,7-8,10H,1,6,9,11H2,2-4H3. The van der Waals surface area contributed by atoms with Gasteiger partial charge in [-0.05, 0) is 23.5 Å². The fourth-order valence-electron chi connectivity index (χ4n) is 1.56. The van der Waals surface area contributed by atoms with Crippen molar-refractivity contribution in [2.45, 2.75) is 33.6 Å². The van der Waals surface area contributed by atoms with E-state index in [-0.39, 0.29) is 11.2 Å². The van der Waals surface area contributed by atoms with E-state index >= 15 is 0 Å². The molecule has 0 radical (unpaired) electrons. The third kappa shape index (κ3) is 4.22. The van der Waals surface area contributed by atoms with Crippen molar-refractivity contribution < 1.29 is 9.13 Å². The summed E-state index contributed by atoms with van der Waals surface area (Å²) in [5.74, 6) is 0.369. The van der Waals surface area contributed by atoms with Gasteiger partial charge in [-0.15, -0.1) is 0 Å². The SMILES string of the molecule is C=CCOc1ccc(CC(C)(C)CC)c(F)c1. The summed E-state index contributed by atoms with van der Waals surface area (Å²) in [5, 5.41) is 0. The summed E-state index contributed by atoms with van der Waals surface area (Å²) in [7, 11) is 0. The van der Waals surface area contributed by atoms with Gasteiger partial charge in [0.25, 0.3) is 0 Å². The minimum Gasteiger partial charge on any atom is -0.489 e. The predicted octanol–water partition coefficient (Wildman–Crippen LogP) is 4.37. The monoisotopic (exact) mass is 236 g/mol. The first-order valence-electron chi connectivity index (χ1n) is 6.00. The van der Waals surface area contributed by atoms with Gasteiger partial charge in [0, 0.05) is 6.07 Å². The third-order valence-corrected chi connectivity index (χ3v) is 3.02. The molecule has 0 fully saturated rings. The quantitative estimate of drug-likeness (QED) is 0.666. The van der Waals surface area contributed by atoms with Crippen LogP contribution in [-0.4, -0.2) is 6.61 Å². The van der Waals surface area contributed by atoms with E-state index in [4.69, 9.17) is 4.74 Å². The Kier molecular flexibility index (Phi) is 4.73. The zero-order chi connectivity index (χ0) is 12.9. The van der Waals surface area contributed by atoms with Crippen molar-refractivity contribution in [1.29, 1.82) is 0 Å². The van der Waals surface area contributed by atoms with Crippen LogP contribution in [0.1, 0.15) is 32.8 Å². The summed E-state index contributed by atoms with van der Waals surface area (Å²) in [4.78, 5) is 0. The van der Waals surface area contributed by atoms with Gasteiger partial charge in [0.1, 0.15) is 18.2 Å². The second kappa shape index (κ2) is 5.85. The first-order chi connectivity index (χ1) is 7.98. The van der Waals surface area contributed by atoms with Crippen LogP contribution >= 0.6 is 0 Å². The average Bonchev–Trinajstić information content (AvgIpc) is 2.29. The molecule has 0 heterocycles. The van der Waals surface area contributed by atoms with Crippen molar-refractivity contribution in [3.63, 3.8) is 0 Å². The Morgan fingerprint density at radius 1 is 1.41 bits per heavy atom. The number of halogens is 1. The molecule has 0 bridgehead atoms. The van der Waals surface area contributed by atoms with E-state index in [1.807, 2.05) is 12.1 Å². The van der Waals surface area contributed by atoms with Crippen LogP contribution in [0.25, 0.3) is 0 Å². The van der Waals surface area contributed by atoms with E-state index in [1.54, 1.807) is 6.08 Å². The van der Waals surface area contributed by atoms with Gasteiger partial charge in [-0.3, -0.25) is 0 Å². The summed E-state index contributed by atoms with van der Waals surface area (Å²) in [6, 6.07) is 5.07. The molecule has 0 spiro atoms. The molecule has 17 heavy (non-hydrogen) atoms. The van der Waals surface area contributed by atoms with Crippen molar-refractivity contribution in [3.8, 4) is 5.75 Å². The smallest absolute Gasteiger partial charge is 0.130 e. The summed E-state index contributed by atoms with van der Waals surface area (Å²) in [6.45, 7) is 10.4. The first-order valence-corrected chi connectivity index (χ1v) is 6.00. The Balaban J connectivity index is 2.79. The van der Waals surface area contributed by atoms with Gasteiger partial charge in [-0.1, -0.05) is 45.9 Å². The fraction of sp³-hybridized carbons (Fsp3) is 0.467. The molecule has 94 valence electrons. The predicted molar refractivity (Wildman–Crippen MR) is 69.9 cm³/mol. The van der Waals surface area contributed by atoms with Crippen LogP contribution in [0.2, 0.25) is 0 Å². The Morgan fingerprint density at radius 2 is 2.12 bits per heavy atom. The molecule has 1 rings (SSSR count). The van der Waals surface area contributed by atoms with Crippen LogP contribution in [0.3, 0.4) is 0 Å². The number of benzene rings is 1. The van der Waals surface area contributed by atoms with Crippen LogP contribution in [-0.2, 0) is 6.42 Å².